The number of carbonyl (C=O) groups excluding carboxylic acids is 1. The molecular weight excluding hydrogens is 448 g/mol. The zero-order chi connectivity index (χ0) is 23.8. The summed E-state index contributed by atoms with van der Waals surface area (Å²) in [5.74, 6) is 0.834. The van der Waals surface area contributed by atoms with Gasteiger partial charge in [-0.05, 0) is 42.0 Å². The molecule has 2 heterocycles. The van der Waals surface area contributed by atoms with E-state index in [4.69, 9.17) is 11.6 Å². The van der Waals surface area contributed by atoms with Gasteiger partial charge < -0.3 is 9.88 Å². The Hall–Kier alpha value is -3.12. The van der Waals surface area contributed by atoms with Gasteiger partial charge in [-0.15, -0.1) is 0 Å². The molecule has 0 aliphatic heterocycles. The molecule has 34 heavy (non-hydrogen) atoms. The van der Waals surface area contributed by atoms with E-state index in [1.165, 1.54) is 11.1 Å². The molecule has 1 aliphatic rings. The molecule has 4 aromatic rings. The maximum atomic E-state index is 13.6. The third-order valence-corrected chi connectivity index (χ3v) is 7.58. The summed E-state index contributed by atoms with van der Waals surface area (Å²) in [6.07, 6.45) is 4.99. The van der Waals surface area contributed by atoms with Gasteiger partial charge in [0.25, 0.3) is 5.56 Å². The van der Waals surface area contributed by atoms with Gasteiger partial charge in [-0.2, -0.15) is 5.10 Å². The number of halogens is 1. The average molecular weight is 477 g/mol. The molecule has 3 atom stereocenters. The number of fused-ring (bicyclic) bond motifs is 3. The summed E-state index contributed by atoms with van der Waals surface area (Å²) >= 11 is 6.20. The van der Waals surface area contributed by atoms with Crippen LogP contribution in [0.25, 0.3) is 21.8 Å². The first-order chi connectivity index (χ1) is 16.4. The molecule has 0 spiro atoms. The number of nitrogens with zero attached hydrogens (tertiary/aromatic N) is 3. The van der Waals surface area contributed by atoms with Crippen LogP contribution in [-0.2, 0) is 17.9 Å². The largest absolute Gasteiger partial charge is 0.351 e. The molecule has 7 heteroatoms. The maximum absolute atomic E-state index is 13.6. The Morgan fingerprint density at radius 1 is 1.12 bits per heavy atom. The van der Waals surface area contributed by atoms with Gasteiger partial charge in [0, 0.05) is 33.9 Å². The smallest absolute Gasteiger partial charge is 0.291 e. The summed E-state index contributed by atoms with van der Waals surface area (Å²) in [4.78, 5) is 26.5. The summed E-state index contributed by atoms with van der Waals surface area (Å²) in [5, 5.41) is 9.92. The maximum Gasteiger partial charge on any atom is 0.291 e. The Bertz CT molecular complexity index is 1420. The predicted octanol–water partition coefficient (Wildman–Crippen LogP) is 4.99. The molecule has 6 nitrogen and oxygen atoms in total. The molecule has 2 aromatic carbocycles. The fourth-order valence-electron chi connectivity index (χ4n) is 5.26. The van der Waals surface area contributed by atoms with E-state index in [1.807, 2.05) is 53.1 Å². The molecule has 0 saturated heterocycles. The SMILES string of the molecule is C[C@H]1[C@H](C)CCC[C@H]1NC(=O)Cn1ncc2c3ccccc3n(Cc3cccc(Cl)c3)c2c1=O. The van der Waals surface area contributed by atoms with Crippen LogP contribution in [0.1, 0.15) is 38.7 Å². The minimum absolute atomic E-state index is 0.0922. The third kappa shape index (κ3) is 4.23. The van der Waals surface area contributed by atoms with E-state index in [9.17, 15) is 9.59 Å². The Morgan fingerprint density at radius 2 is 1.94 bits per heavy atom. The van der Waals surface area contributed by atoms with Crippen molar-refractivity contribution in [3.8, 4) is 0 Å². The van der Waals surface area contributed by atoms with Crippen LogP contribution in [0.4, 0.5) is 0 Å². The topological polar surface area (TPSA) is 68.9 Å². The van der Waals surface area contributed by atoms with Gasteiger partial charge in [0.2, 0.25) is 5.91 Å². The number of aromatic nitrogens is 3. The molecule has 176 valence electrons. The second-order valence-corrected chi connectivity index (χ2v) is 9.98. The third-order valence-electron chi connectivity index (χ3n) is 7.35. The van der Waals surface area contributed by atoms with Gasteiger partial charge in [0.1, 0.15) is 12.1 Å². The highest BCUT2D eigenvalue weighted by Gasteiger charge is 2.28. The Balaban J connectivity index is 1.51. The van der Waals surface area contributed by atoms with E-state index in [0.29, 0.717) is 28.9 Å². The number of hydrogen-bond acceptors (Lipinski definition) is 3. The summed E-state index contributed by atoms with van der Waals surface area (Å²) in [7, 11) is 0. The predicted molar refractivity (Wildman–Crippen MR) is 136 cm³/mol. The van der Waals surface area contributed by atoms with Gasteiger partial charge in [0.15, 0.2) is 0 Å². The summed E-state index contributed by atoms with van der Waals surface area (Å²) < 4.78 is 3.28. The first kappa shape index (κ1) is 22.7. The summed E-state index contributed by atoms with van der Waals surface area (Å²) in [6, 6.07) is 15.7. The molecule has 0 unspecified atom stereocenters. The molecule has 1 saturated carbocycles. The van der Waals surface area contributed by atoms with Crippen molar-refractivity contribution < 1.29 is 4.79 Å². The van der Waals surface area contributed by atoms with Crippen molar-refractivity contribution in [2.45, 2.75) is 52.2 Å². The van der Waals surface area contributed by atoms with E-state index < -0.39 is 0 Å². The molecule has 1 aliphatic carbocycles. The average Bonchev–Trinajstić information content (AvgIpc) is 3.13. The van der Waals surface area contributed by atoms with E-state index in [-0.39, 0.29) is 24.1 Å². The Kier molecular flexibility index (Phi) is 6.17. The molecular formula is C27H29ClN4O2. The van der Waals surface area contributed by atoms with Gasteiger partial charge in [0.05, 0.1) is 6.20 Å². The monoisotopic (exact) mass is 476 g/mol. The van der Waals surface area contributed by atoms with Gasteiger partial charge in [-0.25, -0.2) is 4.68 Å². The zero-order valence-corrected chi connectivity index (χ0v) is 20.3. The van der Waals surface area contributed by atoms with Crippen LogP contribution < -0.4 is 10.9 Å². The highest BCUT2D eigenvalue weighted by Crippen LogP contribution is 2.30. The lowest BCUT2D eigenvalue weighted by atomic mass is 9.78. The Morgan fingerprint density at radius 3 is 2.76 bits per heavy atom. The van der Waals surface area contributed by atoms with Gasteiger partial charge >= 0.3 is 0 Å². The molecule has 1 N–H and O–H groups in total. The second-order valence-electron chi connectivity index (χ2n) is 9.54. The van der Waals surface area contributed by atoms with Crippen LogP contribution in [-0.4, -0.2) is 26.3 Å². The molecule has 1 fully saturated rings. The fourth-order valence-corrected chi connectivity index (χ4v) is 5.48. The number of para-hydroxylation sites is 1. The Labute approximate surface area is 203 Å². The lowest BCUT2D eigenvalue weighted by Crippen LogP contribution is -2.45. The standard InChI is InChI=1S/C27H29ClN4O2/c1-17-7-5-11-23(18(17)2)30-25(33)16-32-27(34)26-22(14-29-32)21-10-3-4-12-24(21)31(26)15-19-8-6-9-20(28)13-19/h3-4,6,8-10,12-14,17-18,23H,5,7,11,15-16H2,1-2H3,(H,30,33)/t17-,18+,23-/m1/s1. The van der Waals surface area contributed by atoms with Gasteiger partial charge in [-0.1, -0.05) is 68.6 Å². The quantitative estimate of drug-likeness (QED) is 0.441. The molecule has 2 aromatic heterocycles. The first-order valence-corrected chi connectivity index (χ1v) is 12.3. The number of carbonyl (C=O) groups is 1. The van der Waals surface area contributed by atoms with Crippen molar-refractivity contribution in [3.05, 3.63) is 75.7 Å². The summed E-state index contributed by atoms with van der Waals surface area (Å²) in [5.41, 5.74) is 2.22. The van der Waals surface area contributed by atoms with Crippen LogP contribution in [0.15, 0.2) is 59.5 Å². The van der Waals surface area contributed by atoms with E-state index >= 15 is 0 Å². The van der Waals surface area contributed by atoms with Crippen molar-refractivity contribution in [1.82, 2.24) is 19.7 Å². The van der Waals surface area contributed by atoms with Crippen LogP contribution in [0.5, 0.6) is 0 Å². The number of hydrogen-bond donors (Lipinski definition) is 1. The number of benzene rings is 2. The van der Waals surface area contributed by atoms with Crippen molar-refractivity contribution in [3.63, 3.8) is 0 Å². The van der Waals surface area contributed by atoms with Crippen LogP contribution >= 0.6 is 11.6 Å². The van der Waals surface area contributed by atoms with E-state index in [2.05, 4.69) is 24.3 Å². The second kappa shape index (κ2) is 9.26. The first-order valence-electron chi connectivity index (χ1n) is 11.9. The molecule has 1 amide bonds. The summed E-state index contributed by atoms with van der Waals surface area (Å²) in [6.45, 7) is 4.83. The number of nitrogens with one attached hydrogen (secondary N) is 1. The molecule has 0 bridgehead atoms. The highest BCUT2D eigenvalue weighted by molar-refractivity contribution is 6.30. The van der Waals surface area contributed by atoms with E-state index in [0.717, 1.165) is 34.7 Å². The van der Waals surface area contributed by atoms with Crippen molar-refractivity contribution in [2.75, 3.05) is 0 Å². The van der Waals surface area contributed by atoms with Crippen molar-refractivity contribution >= 4 is 39.3 Å². The highest BCUT2D eigenvalue weighted by atomic mass is 35.5. The van der Waals surface area contributed by atoms with Crippen molar-refractivity contribution in [2.24, 2.45) is 11.8 Å². The molecule has 0 radical (unpaired) electrons. The fraction of sp³-hybridized carbons (Fsp3) is 0.370. The minimum Gasteiger partial charge on any atom is -0.351 e. The number of amides is 1. The van der Waals surface area contributed by atoms with Crippen LogP contribution in [0.3, 0.4) is 0 Å². The van der Waals surface area contributed by atoms with Crippen LogP contribution in [0.2, 0.25) is 5.02 Å². The van der Waals surface area contributed by atoms with Crippen LogP contribution in [0, 0.1) is 11.8 Å². The van der Waals surface area contributed by atoms with E-state index in [1.54, 1.807) is 6.20 Å². The van der Waals surface area contributed by atoms with Crippen molar-refractivity contribution in [1.29, 1.82) is 0 Å². The zero-order valence-electron chi connectivity index (χ0n) is 19.5. The lowest BCUT2D eigenvalue weighted by Gasteiger charge is -2.34. The lowest BCUT2D eigenvalue weighted by molar-refractivity contribution is -0.123. The molecule has 5 rings (SSSR count). The van der Waals surface area contributed by atoms with Gasteiger partial charge in [-0.3, -0.25) is 9.59 Å². The number of rotatable bonds is 5. The minimum atomic E-state index is -0.268. The normalized spacial score (nSPS) is 20.6.